The summed E-state index contributed by atoms with van der Waals surface area (Å²) in [6, 6.07) is 16.2. The van der Waals surface area contributed by atoms with Crippen LogP contribution in [-0.2, 0) is 26.5 Å². The van der Waals surface area contributed by atoms with Crippen molar-refractivity contribution >= 4 is 31.4 Å². The second-order valence-electron chi connectivity index (χ2n) is 8.19. The molecule has 0 unspecified atom stereocenters. The van der Waals surface area contributed by atoms with E-state index in [0.717, 1.165) is 11.1 Å². The molecule has 1 N–H and O–H groups in total. The first kappa shape index (κ1) is 24.9. The van der Waals surface area contributed by atoms with Crippen LogP contribution in [0, 0.1) is 6.92 Å². The SMILES string of the molecule is CCOc1ccc(C)cc1S(=O)(=O)Nc1ccc2c(c1)CCCN2S(=O)(=O)c1ccc(OC)cc1. The summed E-state index contributed by atoms with van der Waals surface area (Å²) in [5, 5.41) is 0. The molecule has 0 bridgehead atoms. The van der Waals surface area contributed by atoms with Crippen molar-refractivity contribution in [2.45, 2.75) is 36.5 Å². The monoisotopic (exact) mass is 516 g/mol. The van der Waals surface area contributed by atoms with Gasteiger partial charge in [0.1, 0.15) is 16.4 Å². The van der Waals surface area contributed by atoms with E-state index in [2.05, 4.69) is 4.72 Å². The number of sulfonamides is 2. The molecule has 1 heterocycles. The molecule has 4 rings (SSSR count). The van der Waals surface area contributed by atoms with E-state index >= 15 is 0 Å². The average molecular weight is 517 g/mol. The van der Waals surface area contributed by atoms with Crippen molar-refractivity contribution in [3.05, 3.63) is 71.8 Å². The third-order valence-electron chi connectivity index (χ3n) is 5.74. The second kappa shape index (κ2) is 9.79. The largest absolute Gasteiger partial charge is 0.497 e. The van der Waals surface area contributed by atoms with E-state index < -0.39 is 20.0 Å². The van der Waals surface area contributed by atoms with Crippen molar-refractivity contribution in [1.82, 2.24) is 0 Å². The van der Waals surface area contributed by atoms with Gasteiger partial charge in [0.15, 0.2) is 0 Å². The Hall–Kier alpha value is -3.24. The molecule has 0 spiro atoms. The molecule has 1 aliphatic rings. The average Bonchev–Trinajstić information content (AvgIpc) is 2.84. The summed E-state index contributed by atoms with van der Waals surface area (Å²) in [5.74, 6) is 0.848. The van der Waals surface area contributed by atoms with E-state index in [1.165, 1.54) is 23.5 Å². The van der Waals surface area contributed by atoms with Crippen molar-refractivity contribution in [2.75, 3.05) is 29.3 Å². The van der Waals surface area contributed by atoms with Crippen molar-refractivity contribution in [1.29, 1.82) is 0 Å². The molecule has 8 nitrogen and oxygen atoms in total. The highest BCUT2D eigenvalue weighted by Gasteiger charge is 2.30. The molecule has 0 saturated carbocycles. The summed E-state index contributed by atoms with van der Waals surface area (Å²) in [6.07, 6.45) is 1.25. The van der Waals surface area contributed by atoms with E-state index in [1.54, 1.807) is 55.5 Å². The first-order chi connectivity index (χ1) is 16.7. The summed E-state index contributed by atoms with van der Waals surface area (Å²) < 4.78 is 67.7. The van der Waals surface area contributed by atoms with E-state index in [1.807, 2.05) is 6.92 Å². The lowest BCUT2D eigenvalue weighted by molar-refractivity contribution is 0.331. The van der Waals surface area contributed by atoms with Gasteiger partial charge in [-0.3, -0.25) is 9.03 Å². The lowest BCUT2D eigenvalue weighted by Gasteiger charge is -2.31. The van der Waals surface area contributed by atoms with E-state index in [0.29, 0.717) is 43.1 Å². The van der Waals surface area contributed by atoms with Crippen LogP contribution < -0.4 is 18.5 Å². The van der Waals surface area contributed by atoms with Crippen molar-refractivity contribution in [2.24, 2.45) is 0 Å². The maximum Gasteiger partial charge on any atom is 0.265 e. The lowest BCUT2D eigenvalue weighted by Crippen LogP contribution is -2.35. The Labute approximate surface area is 206 Å². The number of methoxy groups -OCH3 is 1. The Morgan fingerprint density at radius 1 is 0.971 bits per heavy atom. The van der Waals surface area contributed by atoms with Crippen LogP contribution >= 0.6 is 0 Å². The maximum atomic E-state index is 13.3. The summed E-state index contributed by atoms with van der Waals surface area (Å²) in [7, 11) is -6.19. The van der Waals surface area contributed by atoms with Gasteiger partial charge in [0.2, 0.25) is 0 Å². The summed E-state index contributed by atoms with van der Waals surface area (Å²) in [6.45, 7) is 4.28. The highest BCUT2D eigenvalue weighted by molar-refractivity contribution is 7.93. The fourth-order valence-electron chi connectivity index (χ4n) is 4.06. The molecule has 0 saturated heterocycles. The predicted molar refractivity (Wildman–Crippen MR) is 135 cm³/mol. The molecule has 186 valence electrons. The normalized spacial score (nSPS) is 13.7. The Bertz CT molecular complexity index is 1440. The summed E-state index contributed by atoms with van der Waals surface area (Å²) >= 11 is 0. The van der Waals surface area contributed by atoms with Crippen molar-refractivity contribution in [3.8, 4) is 11.5 Å². The van der Waals surface area contributed by atoms with Gasteiger partial charge in [-0.1, -0.05) is 6.07 Å². The molecule has 3 aromatic carbocycles. The van der Waals surface area contributed by atoms with Gasteiger partial charge in [-0.05, 0) is 92.4 Å². The highest BCUT2D eigenvalue weighted by atomic mass is 32.2. The van der Waals surface area contributed by atoms with Crippen LogP contribution in [0.3, 0.4) is 0 Å². The number of hydrogen-bond acceptors (Lipinski definition) is 6. The molecule has 0 amide bonds. The van der Waals surface area contributed by atoms with Crippen LogP contribution in [0.15, 0.2) is 70.5 Å². The quantitative estimate of drug-likeness (QED) is 0.478. The van der Waals surface area contributed by atoms with Gasteiger partial charge in [0.05, 0.1) is 24.3 Å². The molecule has 0 radical (unpaired) electrons. The van der Waals surface area contributed by atoms with E-state index in [4.69, 9.17) is 9.47 Å². The number of aryl methyl sites for hydroxylation is 2. The topological polar surface area (TPSA) is 102 Å². The standard InChI is InChI=1S/C25H28N2O6S2/c1-4-33-24-14-7-18(2)16-25(24)34(28,29)26-20-8-13-23-19(17-20)6-5-15-27(23)35(30,31)22-11-9-21(32-3)10-12-22/h7-14,16-17,26H,4-6,15H2,1-3H3. The van der Waals surface area contributed by atoms with Gasteiger partial charge in [0.25, 0.3) is 20.0 Å². The van der Waals surface area contributed by atoms with Crippen LogP contribution in [0.2, 0.25) is 0 Å². The zero-order valence-electron chi connectivity index (χ0n) is 19.8. The van der Waals surface area contributed by atoms with Gasteiger partial charge >= 0.3 is 0 Å². The zero-order chi connectivity index (χ0) is 25.2. The van der Waals surface area contributed by atoms with Crippen molar-refractivity contribution in [3.63, 3.8) is 0 Å². The minimum atomic E-state index is -3.93. The fraction of sp³-hybridized carbons (Fsp3) is 0.280. The third kappa shape index (κ3) is 5.08. The fourth-order valence-corrected chi connectivity index (χ4v) is 6.88. The molecule has 0 atom stereocenters. The van der Waals surface area contributed by atoms with Gasteiger partial charge in [-0.25, -0.2) is 16.8 Å². The minimum Gasteiger partial charge on any atom is -0.497 e. The molecule has 0 aromatic heterocycles. The van der Waals surface area contributed by atoms with Gasteiger partial charge in [0, 0.05) is 12.2 Å². The molecule has 0 fully saturated rings. The van der Waals surface area contributed by atoms with Crippen LogP contribution in [0.4, 0.5) is 11.4 Å². The van der Waals surface area contributed by atoms with Crippen LogP contribution in [-0.4, -0.2) is 37.1 Å². The van der Waals surface area contributed by atoms with E-state index in [9.17, 15) is 16.8 Å². The lowest BCUT2D eigenvalue weighted by atomic mass is 10.0. The first-order valence-electron chi connectivity index (χ1n) is 11.2. The number of nitrogens with zero attached hydrogens (tertiary/aromatic N) is 1. The number of anilines is 2. The summed E-state index contributed by atoms with van der Waals surface area (Å²) in [4.78, 5) is 0.222. The minimum absolute atomic E-state index is 0.0563. The maximum absolute atomic E-state index is 13.3. The molecule has 3 aromatic rings. The number of nitrogens with one attached hydrogen (secondary N) is 1. The molecule has 1 aliphatic heterocycles. The van der Waals surface area contributed by atoms with Crippen LogP contribution in [0.1, 0.15) is 24.5 Å². The first-order valence-corrected chi connectivity index (χ1v) is 14.1. The number of benzene rings is 3. The molecule has 35 heavy (non-hydrogen) atoms. The second-order valence-corrected chi connectivity index (χ2v) is 11.7. The number of fused-ring (bicyclic) bond motifs is 1. The summed E-state index contributed by atoms with van der Waals surface area (Å²) in [5.41, 5.74) is 2.44. The molecule has 0 aliphatic carbocycles. The number of rotatable bonds is 8. The van der Waals surface area contributed by atoms with Crippen LogP contribution in [0.5, 0.6) is 11.5 Å². The Kier molecular flexibility index (Phi) is 6.95. The van der Waals surface area contributed by atoms with E-state index in [-0.39, 0.29) is 15.5 Å². The Balaban J connectivity index is 1.65. The predicted octanol–water partition coefficient (Wildman–Crippen LogP) is 4.34. The van der Waals surface area contributed by atoms with Gasteiger partial charge in [-0.15, -0.1) is 0 Å². The van der Waals surface area contributed by atoms with Gasteiger partial charge < -0.3 is 9.47 Å². The van der Waals surface area contributed by atoms with Crippen molar-refractivity contribution < 1.29 is 26.3 Å². The third-order valence-corrected chi connectivity index (χ3v) is 8.97. The highest BCUT2D eigenvalue weighted by Crippen LogP contribution is 2.35. The smallest absolute Gasteiger partial charge is 0.265 e. The zero-order valence-corrected chi connectivity index (χ0v) is 21.4. The number of hydrogen-bond donors (Lipinski definition) is 1. The molecular formula is C25H28N2O6S2. The molecular weight excluding hydrogens is 488 g/mol. The number of ether oxygens (including phenoxy) is 2. The van der Waals surface area contributed by atoms with Crippen LogP contribution in [0.25, 0.3) is 0 Å². The molecule has 10 heteroatoms. The Morgan fingerprint density at radius 2 is 1.71 bits per heavy atom. The Morgan fingerprint density at radius 3 is 2.40 bits per heavy atom. The van der Waals surface area contributed by atoms with Gasteiger partial charge in [-0.2, -0.15) is 0 Å².